The summed E-state index contributed by atoms with van der Waals surface area (Å²) in [5.41, 5.74) is 3.54. The van der Waals surface area contributed by atoms with Gasteiger partial charge in [0.05, 0.1) is 0 Å². The van der Waals surface area contributed by atoms with Crippen LogP contribution in [-0.2, 0) is 9.53 Å². The Hall–Kier alpha value is -2.30. The molecule has 0 saturated carbocycles. The van der Waals surface area contributed by atoms with Gasteiger partial charge in [0.25, 0.3) is 5.91 Å². The van der Waals surface area contributed by atoms with E-state index in [-0.39, 0.29) is 18.6 Å². The van der Waals surface area contributed by atoms with Gasteiger partial charge in [-0.25, -0.2) is 4.79 Å². The summed E-state index contributed by atoms with van der Waals surface area (Å²) in [5.74, 6) is -0.597. The molecule has 1 N–H and O–H groups in total. The average Bonchev–Trinajstić information content (AvgIpc) is 2.97. The Morgan fingerprint density at radius 1 is 1.25 bits per heavy atom. The smallest absolute Gasteiger partial charge is 0.355 e. The van der Waals surface area contributed by atoms with Gasteiger partial charge in [-0.15, -0.1) is 0 Å². The molecule has 128 valence electrons. The molecule has 5 heteroatoms. The van der Waals surface area contributed by atoms with Crippen LogP contribution in [0.1, 0.15) is 47.8 Å². The molecule has 1 atom stereocenters. The van der Waals surface area contributed by atoms with Crippen molar-refractivity contribution in [3.05, 3.63) is 35.0 Å². The van der Waals surface area contributed by atoms with E-state index in [1.165, 1.54) is 0 Å². The van der Waals surface area contributed by atoms with E-state index >= 15 is 0 Å². The number of aromatic nitrogens is 1. The van der Waals surface area contributed by atoms with Crippen LogP contribution in [0.2, 0.25) is 0 Å². The number of amides is 1. The Morgan fingerprint density at radius 2 is 2.04 bits per heavy atom. The minimum Gasteiger partial charge on any atom is -0.451 e. The fourth-order valence-electron chi connectivity index (χ4n) is 3.47. The van der Waals surface area contributed by atoms with E-state index in [2.05, 4.69) is 11.1 Å². The van der Waals surface area contributed by atoms with Gasteiger partial charge in [-0.2, -0.15) is 0 Å². The number of nitrogens with one attached hydrogen (secondary N) is 1. The number of nitrogens with zero attached hydrogens (tertiary/aromatic N) is 1. The van der Waals surface area contributed by atoms with E-state index in [0.717, 1.165) is 47.8 Å². The van der Waals surface area contributed by atoms with Crippen LogP contribution >= 0.6 is 0 Å². The molecular weight excluding hydrogens is 304 g/mol. The maximum atomic E-state index is 12.3. The van der Waals surface area contributed by atoms with Crippen LogP contribution in [0.5, 0.6) is 0 Å². The molecule has 24 heavy (non-hydrogen) atoms. The van der Waals surface area contributed by atoms with Crippen LogP contribution < -0.4 is 0 Å². The number of ether oxygens (including phenoxy) is 1. The van der Waals surface area contributed by atoms with Crippen molar-refractivity contribution in [3.63, 3.8) is 0 Å². The highest BCUT2D eigenvalue weighted by Crippen LogP contribution is 2.22. The molecule has 0 aliphatic carbocycles. The topological polar surface area (TPSA) is 62.4 Å². The van der Waals surface area contributed by atoms with Gasteiger partial charge in [0.15, 0.2) is 6.61 Å². The minimum atomic E-state index is -0.485. The number of H-pyrrole nitrogens is 1. The predicted octanol–water partition coefficient (Wildman–Crippen LogP) is 3.34. The summed E-state index contributed by atoms with van der Waals surface area (Å²) in [5, 5.41) is 1.00. The molecule has 1 aromatic carbocycles. The van der Waals surface area contributed by atoms with Crippen molar-refractivity contribution >= 4 is 22.8 Å². The molecule has 1 saturated heterocycles. The van der Waals surface area contributed by atoms with Gasteiger partial charge in [-0.3, -0.25) is 4.79 Å². The fraction of sp³-hybridized carbons (Fsp3) is 0.474. The average molecular weight is 328 g/mol. The number of carbonyl (C=O) groups excluding carboxylic acids is 2. The Labute approximate surface area is 142 Å². The van der Waals surface area contributed by atoms with E-state index in [4.69, 9.17) is 4.74 Å². The van der Waals surface area contributed by atoms with Crippen molar-refractivity contribution in [1.29, 1.82) is 0 Å². The van der Waals surface area contributed by atoms with E-state index < -0.39 is 5.97 Å². The van der Waals surface area contributed by atoms with Crippen molar-refractivity contribution in [3.8, 4) is 0 Å². The van der Waals surface area contributed by atoms with Gasteiger partial charge in [0.1, 0.15) is 5.69 Å². The third-order valence-electron chi connectivity index (χ3n) is 4.76. The minimum absolute atomic E-state index is 0.112. The summed E-state index contributed by atoms with van der Waals surface area (Å²) in [6.07, 6.45) is 3.18. The molecule has 5 nitrogen and oxygen atoms in total. The van der Waals surface area contributed by atoms with Crippen molar-refractivity contribution < 1.29 is 14.3 Å². The Balaban J connectivity index is 1.67. The van der Waals surface area contributed by atoms with Crippen molar-refractivity contribution in [2.45, 2.75) is 46.1 Å². The SMILES string of the molecule is Cc1cc(C)c2cc(C(=O)OCC(=O)N3CCCCC3C)[nH]c2c1. The molecule has 1 aliphatic rings. The van der Waals surface area contributed by atoms with Gasteiger partial charge in [-0.05, 0) is 63.3 Å². The molecule has 1 unspecified atom stereocenters. The molecule has 0 radical (unpaired) electrons. The fourth-order valence-corrected chi connectivity index (χ4v) is 3.47. The second kappa shape index (κ2) is 6.67. The largest absolute Gasteiger partial charge is 0.451 e. The zero-order chi connectivity index (χ0) is 17.3. The van der Waals surface area contributed by atoms with Gasteiger partial charge in [0.2, 0.25) is 0 Å². The molecule has 2 heterocycles. The lowest BCUT2D eigenvalue weighted by atomic mass is 10.0. The molecule has 0 spiro atoms. The van der Waals surface area contributed by atoms with Crippen LogP contribution in [0.4, 0.5) is 0 Å². The number of hydrogen-bond acceptors (Lipinski definition) is 3. The van der Waals surface area contributed by atoms with Gasteiger partial charge < -0.3 is 14.6 Å². The van der Waals surface area contributed by atoms with E-state index in [0.29, 0.717) is 5.69 Å². The van der Waals surface area contributed by atoms with Gasteiger partial charge in [0, 0.05) is 23.5 Å². The van der Waals surface area contributed by atoms with Gasteiger partial charge >= 0.3 is 5.97 Å². The van der Waals surface area contributed by atoms with Crippen LogP contribution in [0.15, 0.2) is 18.2 Å². The normalized spacial score (nSPS) is 18.0. The lowest BCUT2D eigenvalue weighted by molar-refractivity contribution is -0.137. The molecule has 1 amide bonds. The first kappa shape index (κ1) is 16.6. The lowest BCUT2D eigenvalue weighted by Crippen LogP contribution is -2.44. The lowest BCUT2D eigenvalue weighted by Gasteiger charge is -2.33. The molecule has 1 aromatic heterocycles. The number of rotatable bonds is 3. The van der Waals surface area contributed by atoms with E-state index in [9.17, 15) is 9.59 Å². The third-order valence-corrected chi connectivity index (χ3v) is 4.76. The molecule has 2 aromatic rings. The second-order valence-electron chi connectivity index (χ2n) is 6.73. The van der Waals surface area contributed by atoms with Crippen LogP contribution in [0.25, 0.3) is 10.9 Å². The highest BCUT2D eigenvalue weighted by atomic mass is 16.5. The zero-order valence-corrected chi connectivity index (χ0v) is 14.5. The summed E-state index contributed by atoms with van der Waals surface area (Å²) in [6, 6.07) is 6.09. The first-order valence-corrected chi connectivity index (χ1v) is 8.52. The maximum Gasteiger partial charge on any atom is 0.355 e. The standard InChI is InChI=1S/C19H24N2O3/c1-12-8-13(2)15-10-17(20-16(15)9-12)19(23)24-11-18(22)21-7-5-4-6-14(21)3/h8-10,14,20H,4-7,11H2,1-3H3. The number of likely N-dealkylation sites (tertiary alicyclic amines) is 1. The van der Waals surface area contributed by atoms with Crippen molar-refractivity contribution in [2.24, 2.45) is 0 Å². The van der Waals surface area contributed by atoms with Crippen molar-refractivity contribution in [2.75, 3.05) is 13.2 Å². The summed E-state index contributed by atoms with van der Waals surface area (Å²) in [7, 11) is 0. The second-order valence-corrected chi connectivity index (χ2v) is 6.73. The summed E-state index contributed by atoms with van der Waals surface area (Å²) in [6.45, 7) is 6.63. The Morgan fingerprint density at radius 3 is 2.79 bits per heavy atom. The monoisotopic (exact) mass is 328 g/mol. The Kier molecular flexibility index (Phi) is 4.60. The van der Waals surface area contributed by atoms with Gasteiger partial charge in [-0.1, -0.05) is 6.07 Å². The number of benzene rings is 1. The number of esters is 1. The number of fused-ring (bicyclic) bond motifs is 1. The molecule has 1 aliphatic heterocycles. The number of piperidine rings is 1. The zero-order valence-electron chi connectivity index (χ0n) is 14.5. The Bertz CT molecular complexity index is 778. The molecule has 1 fully saturated rings. The molecule has 3 rings (SSSR count). The third kappa shape index (κ3) is 3.30. The number of aromatic amines is 1. The molecule has 0 bridgehead atoms. The quantitative estimate of drug-likeness (QED) is 0.879. The van der Waals surface area contributed by atoms with Crippen molar-refractivity contribution in [1.82, 2.24) is 9.88 Å². The highest BCUT2D eigenvalue weighted by Gasteiger charge is 2.24. The first-order valence-electron chi connectivity index (χ1n) is 8.52. The van der Waals surface area contributed by atoms with Crippen LogP contribution in [-0.4, -0.2) is 41.0 Å². The highest BCUT2D eigenvalue weighted by molar-refractivity contribution is 5.97. The van der Waals surface area contributed by atoms with E-state index in [1.54, 1.807) is 6.07 Å². The number of hydrogen-bond donors (Lipinski definition) is 1. The molecular formula is C19H24N2O3. The summed E-state index contributed by atoms with van der Waals surface area (Å²) < 4.78 is 5.23. The van der Waals surface area contributed by atoms with Crippen LogP contribution in [0, 0.1) is 13.8 Å². The summed E-state index contributed by atoms with van der Waals surface area (Å²) >= 11 is 0. The maximum absolute atomic E-state index is 12.3. The number of carbonyl (C=O) groups is 2. The number of aryl methyl sites for hydroxylation is 2. The van der Waals surface area contributed by atoms with Crippen LogP contribution in [0.3, 0.4) is 0 Å². The van der Waals surface area contributed by atoms with E-state index in [1.807, 2.05) is 31.7 Å². The first-order chi connectivity index (χ1) is 11.5. The summed E-state index contributed by atoms with van der Waals surface area (Å²) in [4.78, 5) is 29.4. The predicted molar refractivity (Wildman–Crippen MR) is 93.1 cm³/mol.